The SMILES string of the molecule is C=CO.[Ag]. The first-order valence-electron chi connectivity index (χ1n) is 0.666. The van der Waals surface area contributed by atoms with E-state index in [2.05, 4.69) is 6.58 Å². The van der Waals surface area contributed by atoms with Crippen LogP contribution in [0.5, 0.6) is 0 Å². The molecule has 0 aromatic carbocycles. The fourth-order valence-electron chi connectivity index (χ4n) is 0. The van der Waals surface area contributed by atoms with Crippen LogP contribution in [0.4, 0.5) is 0 Å². The summed E-state index contributed by atoms with van der Waals surface area (Å²) in [5.41, 5.74) is 0. The van der Waals surface area contributed by atoms with Crippen molar-refractivity contribution in [3.05, 3.63) is 12.8 Å². The van der Waals surface area contributed by atoms with Gasteiger partial charge >= 0.3 is 0 Å². The first-order chi connectivity index (χ1) is 1.41. The van der Waals surface area contributed by atoms with Gasteiger partial charge in [0.2, 0.25) is 0 Å². The molecule has 0 aliphatic rings. The van der Waals surface area contributed by atoms with Gasteiger partial charge in [-0.3, -0.25) is 0 Å². The van der Waals surface area contributed by atoms with Crippen LogP contribution < -0.4 is 0 Å². The first-order valence-corrected chi connectivity index (χ1v) is 0.666. The zero-order valence-corrected chi connectivity index (χ0v) is 3.52. The van der Waals surface area contributed by atoms with Crippen LogP contribution >= 0.6 is 0 Å². The average molecular weight is 152 g/mol. The van der Waals surface area contributed by atoms with E-state index in [0.717, 1.165) is 6.26 Å². The standard InChI is InChI=1S/C2H4O.Ag/c1-2-3;/h2-3H,1H2;. The third kappa shape index (κ3) is 47.6. The Labute approximate surface area is 40.8 Å². The molecule has 0 aliphatic heterocycles. The predicted molar refractivity (Wildman–Crippen MR) is 12.8 cm³/mol. The van der Waals surface area contributed by atoms with Crippen LogP contribution in [-0.4, -0.2) is 5.11 Å². The molecule has 0 unspecified atom stereocenters. The van der Waals surface area contributed by atoms with E-state index in [1.165, 1.54) is 0 Å². The van der Waals surface area contributed by atoms with Crippen molar-refractivity contribution in [3.8, 4) is 0 Å². The van der Waals surface area contributed by atoms with Crippen molar-refractivity contribution < 1.29 is 27.5 Å². The molecule has 0 amide bonds. The Bertz CT molecular complexity index is 13.5. The Hall–Kier alpha value is 0.280. The Morgan fingerprint density at radius 2 is 1.75 bits per heavy atom. The maximum absolute atomic E-state index is 7.33. The minimum absolute atomic E-state index is 0. The van der Waals surface area contributed by atoms with E-state index >= 15 is 0 Å². The van der Waals surface area contributed by atoms with Crippen molar-refractivity contribution in [1.29, 1.82) is 0 Å². The van der Waals surface area contributed by atoms with Gasteiger partial charge in [0.1, 0.15) is 0 Å². The number of aliphatic hydroxyl groups excluding tert-OH is 1. The molecule has 0 heterocycles. The summed E-state index contributed by atoms with van der Waals surface area (Å²) < 4.78 is 0. The van der Waals surface area contributed by atoms with Crippen LogP contribution in [0.25, 0.3) is 0 Å². The number of aliphatic hydroxyl groups is 1. The smallest absolute Gasteiger partial charge is 0.0719 e. The molecule has 2 heteroatoms. The molecule has 1 radical (unpaired) electrons. The molecule has 29 valence electrons. The third-order valence-electron chi connectivity index (χ3n) is 0. The summed E-state index contributed by atoms with van der Waals surface area (Å²) in [6, 6.07) is 0. The molecule has 0 saturated carbocycles. The molecular formula is C2H4AgO. The summed E-state index contributed by atoms with van der Waals surface area (Å²) in [4.78, 5) is 0. The number of hydrogen-bond acceptors (Lipinski definition) is 1. The Balaban J connectivity index is 0. The molecule has 1 nitrogen and oxygen atoms in total. The van der Waals surface area contributed by atoms with Gasteiger partial charge < -0.3 is 5.11 Å². The van der Waals surface area contributed by atoms with Gasteiger partial charge in [0, 0.05) is 22.4 Å². The average Bonchev–Trinajstić information content (AvgIpc) is 0.918. The molecule has 0 aromatic rings. The number of rotatable bonds is 0. The maximum Gasteiger partial charge on any atom is 0.0719 e. The van der Waals surface area contributed by atoms with Gasteiger partial charge in [0.05, 0.1) is 6.26 Å². The molecule has 1 N–H and O–H groups in total. The quantitative estimate of drug-likeness (QED) is 0.399. The van der Waals surface area contributed by atoms with Gasteiger partial charge in [-0.05, 0) is 0 Å². The van der Waals surface area contributed by atoms with Gasteiger partial charge in [-0.2, -0.15) is 0 Å². The van der Waals surface area contributed by atoms with Crippen molar-refractivity contribution in [2.45, 2.75) is 0 Å². The van der Waals surface area contributed by atoms with Crippen molar-refractivity contribution in [2.75, 3.05) is 0 Å². The van der Waals surface area contributed by atoms with E-state index in [4.69, 9.17) is 5.11 Å². The Morgan fingerprint density at radius 3 is 1.75 bits per heavy atom. The predicted octanol–water partition coefficient (Wildman–Crippen LogP) is 0.685. The van der Waals surface area contributed by atoms with Crippen molar-refractivity contribution in [1.82, 2.24) is 0 Å². The van der Waals surface area contributed by atoms with Crippen molar-refractivity contribution >= 4 is 0 Å². The minimum Gasteiger partial charge on any atom is -0.516 e. The second-order valence-electron chi connectivity index (χ2n) is 0.183. The molecule has 0 atom stereocenters. The largest absolute Gasteiger partial charge is 0.516 e. The van der Waals surface area contributed by atoms with E-state index in [1.54, 1.807) is 0 Å². The summed E-state index contributed by atoms with van der Waals surface area (Å²) >= 11 is 0. The van der Waals surface area contributed by atoms with Crippen LogP contribution in [0.2, 0.25) is 0 Å². The zero-order valence-electron chi connectivity index (χ0n) is 2.03. The van der Waals surface area contributed by atoms with Gasteiger partial charge in [0.15, 0.2) is 0 Å². The Morgan fingerprint density at radius 1 is 1.75 bits per heavy atom. The summed E-state index contributed by atoms with van der Waals surface area (Å²) in [6.07, 6.45) is 0.750. The molecule has 4 heavy (non-hydrogen) atoms. The summed E-state index contributed by atoms with van der Waals surface area (Å²) in [5, 5.41) is 7.33. The topological polar surface area (TPSA) is 20.2 Å². The normalized spacial score (nSPS) is 3.00. The van der Waals surface area contributed by atoms with Gasteiger partial charge in [-0.25, -0.2) is 0 Å². The molecular weight excluding hydrogens is 148 g/mol. The van der Waals surface area contributed by atoms with E-state index in [-0.39, 0.29) is 22.4 Å². The summed E-state index contributed by atoms with van der Waals surface area (Å²) in [7, 11) is 0. The van der Waals surface area contributed by atoms with Crippen molar-refractivity contribution in [3.63, 3.8) is 0 Å². The van der Waals surface area contributed by atoms with Crippen LogP contribution in [0.3, 0.4) is 0 Å². The third-order valence-corrected chi connectivity index (χ3v) is 0. The molecule has 0 rings (SSSR count). The molecule has 0 saturated heterocycles. The van der Waals surface area contributed by atoms with Crippen LogP contribution in [0, 0.1) is 0 Å². The summed E-state index contributed by atoms with van der Waals surface area (Å²) in [6.45, 7) is 2.92. The molecule has 0 spiro atoms. The molecule has 0 aliphatic carbocycles. The van der Waals surface area contributed by atoms with Gasteiger partial charge in [0.25, 0.3) is 0 Å². The van der Waals surface area contributed by atoms with E-state index in [9.17, 15) is 0 Å². The molecule has 0 bridgehead atoms. The second-order valence-corrected chi connectivity index (χ2v) is 0.183. The maximum atomic E-state index is 7.33. The van der Waals surface area contributed by atoms with E-state index in [0.29, 0.717) is 0 Å². The fraction of sp³-hybridized carbons (Fsp3) is 0. The minimum atomic E-state index is 0. The van der Waals surface area contributed by atoms with Crippen LogP contribution in [0.1, 0.15) is 0 Å². The first kappa shape index (κ1) is 8.86. The number of hydrogen-bond donors (Lipinski definition) is 1. The molecule has 0 fully saturated rings. The van der Waals surface area contributed by atoms with Crippen LogP contribution in [-0.2, 0) is 22.4 Å². The van der Waals surface area contributed by atoms with E-state index < -0.39 is 0 Å². The Kier molecular flexibility index (Phi) is 23.0. The van der Waals surface area contributed by atoms with Crippen LogP contribution in [0.15, 0.2) is 12.8 Å². The molecule has 0 aromatic heterocycles. The zero-order chi connectivity index (χ0) is 2.71. The van der Waals surface area contributed by atoms with Crippen molar-refractivity contribution in [2.24, 2.45) is 0 Å². The summed E-state index contributed by atoms with van der Waals surface area (Å²) in [5.74, 6) is 0. The van der Waals surface area contributed by atoms with Gasteiger partial charge in [-0.15, -0.1) is 0 Å². The monoisotopic (exact) mass is 151 g/mol. The van der Waals surface area contributed by atoms with E-state index in [1.807, 2.05) is 0 Å². The fourth-order valence-corrected chi connectivity index (χ4v) is 0. The van der Waals surface area contributed by atoms with Gasteiger partial charge in [-0.1, -0.05) is 6.58 Å². The second kappa shape index (κ2) is 10.4.